The zero-order valence-electron chi connectivity index (χ0n) is 17.1. The van der Waals surface area contributed by atoms with Crippen LogP contribution in [0.25, 0.3) is 0 Å². The molecule has 0 aliphatic carbocycles. The van der Waals surface area contributed by atoms with Gasteiger partial charge in [0.05, 0.1) is 4.47 Å². The van der Waals surface area contributed by atoms with Gasteiger partial charge < -0.3 is 15.0 Å². The predicted octanol–water partition coefficient (Wildman–Crippen LogP) is 4.95. The molecule has 0 bridgehead atoms. The highest BCUT2D eigenvalue weighted by atomic mass is 79.9. The number of ether oxygens (including phenoxy) is 1. The molecule has 2 rings (SSSR count). The normalized spacial score (nSPS) is 12.7. The van der Waals surface area contributed by atoms with Crippen LogP contribution in [0.2, 0.25) is 5.02 Å². The van der Waals surface area contributed by atoms with Gasteiger partial charge in [-0.1, -0.05) is 30.7 Å². The highest BCUT2D eigenvalue weighted by molar-refractivity contribution is 9.10. The fourth-order valence-electron chi connectivity index (χ4n) is 2.65. The van der Waals surface area contributed by atoms with Crippen molar-refractivity contribution >= 4 is 39.3 Å². The molecule has 0 saturated carbocycles. The molecule has 2 aromatic carbocycles. The van der Waals surface area contributed by atoms with Crippen molar-refractivity contribution in [3.63, 3.8) is 0 Å². The van der Waals surface area contributed by atoms with E-state index >= 15 is 0 Å². The van der Waals surface area contributed by atoms with Gasteiger partial charge in [0.1, 0.15) is 17.6 Å². The van der Waals surface area contributed by atoms with Gasteiger partial charge in [0, 0.05) is 17.6 Å². The van der Waals surface area contributed by atoms with Crippen LogP contribution in [0.5, 0.6) is 5.75 Å². The first-order valence-electron chi connectivity index (χ1n) is 9.63. The standard InChI is InChI=1S/C22H25BrClFN2O3/c1-4-14(2)26-22(29)15(3)27(12-16-5-8-18(25)9-6-16)21(28)13-30-20-10-7-17(24)11-19(20)23/h5-11,14-15H,4,12-13H2,1-3H3,(H,26,29)/t14-,15-/m0/s1. The number of amides is 2. The first kappa shape index (κ1) is 24.2. The molecule has 0 aromatic heterocycles. The van der Waals surface area contributed by atoms with Crippen molar-refractivity contribution in [1.29, 1.82) is 0 Å². The summed E-state index contributed by atoms with van der Waals surface area (Å²) in [4.78, 5) is 27.0. The first-order valence-corrected chi connectivity index (χ1v) is 10.8. The molecule has 5 nitrogen and oxygen atoms in total. The Morgan fingerprint density at radius 2 is 1.87 bits per heavy atom. The lowest BCUT2D eigenvalue weighted by molar-refractivity contribution is -0.142. The third-order valence-corrected chi connectivity index (χ3v) is 5.53. The molecule has 2 atom stereocenters. The molecule has 2 amide bonds. The van der Waals surface area contributed by atoms with E-state index in [4.69, 9.17) is 16.3 Å². The maximum Gasteiger partial charge on any atom is 0.261 e. The van der Waals surface area contributed by atoms with Crippen LogP contribution in [0.3, 0.4) is 0 Å². The summed E-state index contributed by atoms with van der Waals surface area (Å²) in [5.74, 6) is -0.526. The fraction of sp³-hybridized carbons (Fsp3) is 0.364. The zero-order chi connectivity index (χ0) is 22.3. The average Bonchev–Trinajstić information content (AvgIpc) is 2.71. The van der Waals surface area contributed by atoms with Gasteiger partial charge in [-0.25, -0.2) is 4.39 Å². The minimum atomic E-state index is -0.728. The van der Waals surface area contributed by atoms with E-state index in [2.05, 4.69) is 21.2 Å². The minimum absolute atomic E-state index is 0.0102. The summed E-state index contributed by atoms with van der Waals surface area (Å²) in [6, 6.07) is 10.1. The quantitative estimate of drug-likeness (QED) is 0.531. The monoisotopic (exact) mass is 498 g/mol. The van der Waals surface area contributed by atoms with Crippen molar-refractivity contribution in [3.8, 4) is 5.75 Å². The summed E-state index contributed by atoms with van der Waals surface area (Å²) < 4.78 is 19.5. The lowest BCUT2D eigenvalue weighted by Gasteiger charge is -2.29. The van der Waals surface area contributed by atoms with Gasteiger partial charge in [-0.15, -0.1) is 0 Å². The number of nitrogens with one attached hydrogen (secondary N) is 1. The highest BCUT2D eigenvalue weighted by Crippen LogP contribution is 2.28. The number of hydrogen-bond donors (Lipinski definition) is 1. The summed E-state index contributed by atoms with van der Waals surface area (Å²) in [6.45, 7) is 5.42. The average molecular weight is 500 g/mol. The second kappa shape index (κ2) is 11.3. The topological polar surface area (TPSA) is 58.6 Å². The number of nitrogens with zero attached hydrogens (tertiary/aromatic N) is 1. The van der Waals surface area contributed by atoms with E-state index in [-0.39, 0.29) is 36.8 Å². The lowest BCUT2D eigenvalue weighted by atomic mass is 10.1. The van der Waals surface area contributed by atoms with Gasteiger partial charge in [-0.2, -0.15) is 0 Å². The number of carbonyl (C=O) groups excluding carboxylic acids is 2. The van der Waals surface area contributed by atoms with Gasteiger partial charge in [-0.3, -0.25) is 9.59 Å². The molecule has 0 saturated heterocycles. The Kier molecular flexibility index (Phi) is 9.11. The number of hydrogen-bond acceptors (Lipinski definition) is 3. The summed E-state index contributed by atoms with van der Waals surface area (Å²) in [7, 11) is 0. The maximum atomic E-state index is 13.2. The van der Waals surface area contributed by atoms with E-state index in [9.17, 15) is 14.0 Å². The molecule has 1 N–H and O–H groups in total. The smallest absolute Gasteiger partial charge is 0.261 e. The predicted molar refractivity (Wildman–Crippen MR) is 119 cm³/mol. The number of benzene rings is 2. The maximum absolute atomic E-state index is 13.2. The van der Waals surface area contributed by atoms with E-state index in [1.807, 2.05) is 13.8 Å². The molecule has 0 aliphatic rings. The van der Waals surface area contributed by atoms with Crippen LogP contribution in [0.4, 0.5) is 4.39 Å². The second-order valence-electron chi connectivity index (χ2n) is 7.01. The van der Waals surface area contributed by atoms with Gasteiger partial charge in [0.25, 0.3) is 5.91 Å². The van der Waals surface area contributed by atoms with E-state index < -0.39 is 6.04 Å². The van der Waals surface area contributed by atoms with Crippen LogP contribution in [0, 0.1) is 5.82 Å². The Balaban J connectivity index is 2.16. The van der Waals surface area contributed by atoms with Crippen LogP contribution in [-0.2, 0) is 16.1 Å². The third-order valence-electron chi connectivity index (χ3n) is 4.68. The molecule has 0 heterocycles. The minimum Gasteiger partial charge on any atom is -0.483 e. The molecular formula is C22H25BrClFN2O3. The van der Waals surface area contributed by atoms with E-state index in [1.165, 1.54) is 17.0 Å². The van der Waals surface area contributed by atoms with Crippen LogP contribution in [0.1, 0.15) is 32.8 Å². The Hall–Kier alpha value is -2.12. The molecule has 0 spiro atoms. The Morgan fingerprint density at radius 3 is 2.47 bits per heavy atom. The van der Waals surface area contributed by atoms with E-state index in [0.29, 0.717) is 20.8 Å². The van der Waals surface area contributed by atoms with E-state index in [0.717, 1.165) is 6.42 Å². The molecule has 0 unspecified atom stereocenters. The highest BCUT2D eigenvalue weighted by Gasteiger charge is 2.27. The van der Waals surface area contributed by atoms with Gasteiger partial charge in [0.2, 0.25) is 5.91 Å². The summed E-state index contributed by atoms with van der Waals surface area (Å²) in [6.07, 6.45) is 0.776. The first-order chi connectivity index (χ1) is 14.2. The largest absolute Gasteiger partial charge is 0.483 e. The zero-order valence-corrected chi connectivity index (χ0v) is 19.5. The van der Waals surface area contributed by atoms with Gasteiger partial charge >= 0.3 is 0 Å². The number of halogens is 3. The summed E-state index contributed by atoms with van der Waals surface area (Å²) in [5.41, 5.74) is 0.709. The molecule has 30 heavy (non-hydrogen) atoms. The van der Waals surface area contributed by atoms with Gasteiger partial charge in [0.15, 0.2) is 6.61 Å². The van der Waals surface area contributed by atoms with Gasteiger partial charge in [-0.05, 0) is 72.1 Å². The Labute approximate surface area is 189 Å². The molecule has 0 fully saturated rings. The molecule has 162 valence electrons. The number of rotatable bonds is 9. The number of carbonyl (C=O) groups is 2. The molecular weight excluding hydrogens is 475 g/mol. The SMILES string of the molecule is CC[C@H](C)NC(=O)[C@H](C)N(Cc1ccc(F)cc1)C(=O)COc1ccc(Cl)cc1Br. The molecule has 2 aromatic rings. The Bertz CT molecular complexity index is 879. The third kappa shape index (κ3) is 6.99. The van der Waals surface area contributed by atoms with Crippen LogP contribution in [0.15, 0.2) is 46.9 Å². The van der Waals surface area contributed by atoms with Crippen LogP contribution >= 0.6 is 27.5 Å². The van der Waals surface area contributed by atoms with Crippen LogP contribution < -0.4 is 10.1 Å². The molecule has 0 aliphatic heterocycles. The van der Waals surface area contributed by atoms with Crippen molar-refractivity contribution in [2.75, 3.05) is 6.61 Å². The lowest BCUT2D eigenvalue weighted by Crippen LogP contribution is -2.50. The van der Waals surface area contributed by atoms with Crippen LogP contribution in [-0.4, -0.2) is 35.4 Å². The summed E-state index contributed by atoms with van der Waals surface area (Å²) in [5, 5.41) is 3.43. The summed E-state index contributed by atoms with van der Waals surface area (Å²) >= 11 is 9.28. The fourth-order valence-corrected chi connectivity index (χ4v) is 3.45. The second-order valence-corrected chi connectivity index (χ2v) is 8.30. The van der Waals surface area contributed by atoms with Crippen molar-refractivity contribution in [2.45, 2.75) is 45.8 Å². The Morgan fingerprint density at radius 1 is 1.20 bits per heavy atom. The van der Waals surface area contributed by atoms with Crippen molar-refractivity contribution in [1.82, 2.24) is 10.2 Å². The molecule has 8 heteroatoms. The van der Waals surface area contributed by atoms with E-state index in [1.54, 1.807) is 37.3 Å². The molecule has 0 radical (unpaired) electrons. The van der Waals surface area contributed by atoms with Crippen molar-refractivity contribution in [3.05, 3.63) is 63.3 Å². The van der Waals surface area contributed by atoms with Crippen molar-refractivity contribution < 1.29 is 18.7 Å². The van der Waals surface area contributed by atoms with Crippen molar-refractivity contribution in [2.24, 2.45) is 0 Å².